The Hall–Kier alpha value is -1.84. The second-order valence-electron chi connectivity index (χ2n) is 6.67. The summed E-state index contributed by atoms with van der Waals surface area (Å²) >= 11 is 0. The molecule has 0 bridgehead atoms. The molecule has 2 aromatic rings. The summed E-state index contributed by atoms with van der Waals surface area (Å²) in [5.41, 5.74) is 2.77. The van der Waals surface area contributed by atoms with Crippen LogP contribution >= 0.6 is 0 Å². The lowest BCUT2D eigenvalue weighted by Gasteiger charge is -2.17. The SMILES string of the molecule is CC(C)(C)c1nn(-c2ccccc2F)c2c1CCCCN2. The number of rotatable bonds is 1. The monoisotopic (exact) mass is 287 g/mol. The number of nitrogens with one attached hydrogen (secondary N) is 1. The Morgan fingerprint density at radius 2 is 1.95 bits per heavy atom. The van der Waals surface area contributed by atoms with Crippen molar-refractivity contribution in [3.8, 4) is 5.69 Å². The molecule has 1 aliphatic rings. The first-order valence-electron chi connectivity index (χ1n) is 7.59. The summed E-state index contributed by atoms with van der Waals surface area (Å²) < 4.78 is 15.9. The first-order chi connectivity index (χ1) is 9.98. The van der Waals surface area contributed by atoms with Gasteiger partial charge in [0, 0.05) is 17.5 Å². The lowest BCUT2D eigenvalue weighted by Crippen LogP contribution is -2.15. The molecular formula is C17H22FN3. The highest BCUT2D eigenvalue weighted by Crippen LogP contribution is 2.34. The normalized spacial score (nSPS) is 15.2. The number of anilines is 1. The molecule has 1 N–H and O–H groups in total. The van der Waals surface area contributed by atoms with Crippen LogP contribution in [0.2, 0.25) is 0 Å². The summed E-state index contributed by atoms with van der Waals surface area (Å²) in [5.74, 6) is 0.719. The van der Waals surface area contributed by atoms with Crippen molar-refractivity contribution in [3.63, 3.8) is 0 Å². The smallest absolute Gasteiger partial charge is 0.148 e. The number of fused-ring (bicyclic) bond motifs is 1. The number of halogens is 1. The van der Waals surface area contributed by atoms with Crippen molar-refractivity contribution in [1.82, 2.24) is 9.78 Å². The number of benzene rings is 1. The van der Waals surface area contributed by atoms with E-state index < -0.39 is 0 Å². The van der Waals surface area contributed by atoms with Gasteiger partial charge in [-0.3, -0.25) is 0 Å². The minimum atomic E-state index is -0.241. The van der Waals surface area contributed by atoms with Crippen LogP contribution in [-0.2, 0) is 11.8 Å². The summed E-state index contributed by atoms with van der Waals surface area (Å²) in [7, 11) is 0. The van der Waals surface area contributed by atoms with E-state index in [4.69, 9.17) is 5.10 Å². The van der Waals surface area contributed by atoms with Gasteiger partial charge in [-0.25, -0.2) is 9.07 Å². The van der Waals surface area contributed by atoms with Crippen molar-refractivity contribution in [1.29, 1.82) is 0 Å². The Morgan fingerprint density at radius 3 is 2.67 bits per heavy atom. The van der Waals surface area contributed by atoms with Crippen LogP contribution in [0.5, 0.6) is 0 Å². The fourth-order valence-corrected chi connectivity index (χ4v) is 2.90. The van der Waals surface area contributed by atoms with E-state index in [0.717, 1.165) is 37.3 Å². The highest BCUT2D eigenvalue weighted by Gasteiger charge is 2.28. The van der Waals surface area contributed by atoms with Crippen LogP contribution < -0.4 is 5.32 Å². The van der Waals surface area contributed by atoms with Gasteiger partial charge in [0.2, 0.25) is 0 Å². The fourth-order valence-electron chi connectivity index (χ4n) is 2.90. The minimum Gasteiger partial charge on any atom is -0.370 e. The number of hydrogen-bond donors (Lipinski definition) is 1. The van der Waals surface area contributed by atoms with Crippen LogP contribution in [-0.4, -0.2) is 16.3 Å². The van der Waals surface area contributed by atoms with Gasteiger partial charge in [0.25, 0.3) is 0 Å². The summed E-state index contributed by atoms with van der Waals surface area (Å²) in [4.78, 5) is 0. The number of nitrogens with zero attached hydrogens (tertiary/aromatic N) is 2. The molecule has 0 radical (unpaired) electrons. The van der Waals surface area contributed by atoms with Crippen LogP contribution in [0, 0.1) is 5.82 Å². The molecule has 0 atom stereocenters. The Labute approximate surface area is 125 Å². The summed E-state index contributed by atoms with van der Waals surface area (Å²) in [5, 5.41) is 8.20. The molecule has 0 saturated carbocycles. The average Bonchev–Trinajstić information content (AvgIpc) is 2.63. The van der Waals surface area contributed by atoms with Crippen molar-refractivity contribution < 1.29 is 4.39 Å². The molecule has 0 aliphatic carbocycles. The first-order valence-corrected chi connectivity index (χ1v) is 7.59. The Morgan fingerprint density at radius 1 is 1.19 bits per heavy atom. The molecule has 0 fully saturated rings. The molecule has 4 heteroatoms. The molecule has 3 rings (SSSR count). The van der Waals surface area contributed by atoms with E-state index in [2.05, 4.69) is 26.1 Å². The molecule has 1 aromatic heterocycles. The topological polar surface area (TPSA) is 29.9 Å². The predicted molar refractivity (Wildman–Crippen MR) is 83.6 cm³/mol. The molecule has 1 aliphatic heterocycles. The van der Waals surface area contributed by atoms with E-state index in [-0.39, 0.29) is 11.2 Å². The first kappa shape index (κ1) is 14.1. The van der Waals surface area contributed by atoms with Crippen molar-refractivity contribution >= 4 is 5.82 Å². The van der Waals surface area contributed by atoms with Crippen LogP contribution in [0.1, 0.15) is 44.9 Å². The predicted octanol–water partition coefficient (Wildman–Crippen LogP) is 4.06. The molecule has 0 spiro atoms. The van der Waals surface area contributed by atoms with E-state index >= 15 is 0 Å². The van der Waals surface area contributed by atoms with Gasteiger partial charge in [0.05, 0.1) is 5.69 Å². The zero-order chi connectivity index (χ0) is 15.0. The summed E-state index contributed by atoms with van der Waals surface area (Å²) in [6.07, 6.45) is 3.28. The van der Waals surface area contributed by atoms with Gasteiger partial charge in [-0.05, 0) is 31.4 Å². The zero-order valence-corrected chi connectivity index (χ0v) is 12.9. The van der Waals surface area contributed by atoms with Gasteiger partial charge in [0.1, 0.15) is 17.3 Å². The fraction of sp³-hybridized carbons (Fsp3) is 0.471. The van der Waals surface area contributed by atoms with Gasteiger partial charge in [-0.1, -0.05) is 32.9 Å². The number of para-hydroxylation sites is 1. The van der Waals surface area contributed by atoms with E-state index in [1.54, 1.807) is 16.8 Å². The molecule has 0 saturated heterocycles. The van der Waals surface area contributed by atoms with Gasteiger partial charge in [0.15, 0.2) is 0 Å². The second kappa shape index (κ2) is 5.17. The number of hydrogen-bond acceptors (Lipinski definition) is 2. The summed E-state index contributed by atoms with van der Waals surface area (Å²) in [6.45, 7) is 7.39. The Bertz CT molecular complexity index is 653. The lowest BCUT2D eigenvalue weighted by atomic mass is 9.88. The van der Waals surface area contributed by atoms with Gasteiger partial charge >= 0.3 is 0 Å². The molecule has 112 valence electrons. The van der Waals surface area contributed by atoms with Crippen LogP contribution in [0.4, 0.5) is 10.2 Å². The maximum absolute atomic E-state index is 14.2. The van der Waals surface area contributed by atoms with Crippen LogP contribution in [0.15, 0.2) is 24.3 Å². The molecule has 1 aromatic carbocycles. The number of aromatic nitrogens is 2. The largest absolute Gasteiger partial charge is 0.370 e. The Balaban J connectivity index is 2.22. The van der Waals surface area contributed by atoms with Crippen molar-refractivity contribution in [2.75, 3.05) is 11.9 Å². The molecule has 3 nitrogen and oxygen atoms in total. The highest BCUT2D eigenvalue weighted by molar-refractivity contribution is 5.55. The van der Waals surface area contributed by atoms with Crippen molar-refractivity contribution in [3.05, 3.63) is 41.3 Å². The quantitative estimate of drug-likeness (QED) is 0.857. The standard InChI is InChI=1S/C17H22FN3/c1-17(2,3)15-12-8-6-7-11-19-16(12)21(20-15)14-10-5-4-9-13(14)18/h4-5,9-10,19H,6-8,11H2,1-3H3. The molecule has 21 heavy (non-hydrogen) atoms. The Kier molecular flexibility index (Phi) is 3.47. The van der Waals surface area contributed by atoms with E-state index in [1.165, 1.54) is 11.6 Å². The third kappa shape index (κ3) is 2.55. The molecule has 0 amide bonds. The van der Waals surface area contributed by atoms with E-state index in [0.29, 0.717) is 5.69 Å². The minimum absolute atomic E-state index is 0.0490. The van der Waals surface area contributed by atoms with Gasteiger partial charge in [-0.2, -0.15) is 5.10 Å². The zero-order valence-electron chi connectivity index (χ0n) is 12.9. The third-order valence-corrected chi connectivity index (χ3v) is 3.92. The van der Waals surface area contributed by atoms with Crippen LogP contribution in [0.3, 0.4) is 0 Å². The van der Waals surface area contributed by atoms with Gasteiger partial charge in [-0.15, -0.1) is 0 Å². The van der Waals surface area contributed by atoms with Gasteiger partial charge < -0.3 is 5.32 Å². The van der Waals surface area contributed by atoms with Crippen LogP contribution in [0.25, 0.3) is 5.69 Å². The second-order valence-corrected chi connectivity index (χ2v) is 6.67. The molecule has 2 heterocycles. The van der Waals surface area contributed by atoms with Crippen molar-refractivity contribution in [2.45, 2.75) is 45.4 Å². The maximum atomic E-state index is 14.2. The third-order valence-electron chi connectivity index (χ3n) is 3.92. The summed E-state index contributed by atoms with van der Waals surface area (Å²) in [6, 6.07) is 6.82. The van der Waals surface area contributed by atoms with E-state index in [1.807, 2.05) is 6.07 Å². The molecule has 0 unspecified atom stereocenters. The maximum Gasteiger partial charge on any atom is 0.148 e. The van der Waals surface area contributed by atoms with E-state index in [9.17, 15) is 4.39 Å². The average molecular weight is 287 g/mol. The lowest BCUT2D eigenvalue weighted by molar-refractivity contribution is 0.548. The molecular weight excluding hydrogens is 265 g/mol. The van der Waals surface area contributed by atoms with Crippen molar-refractivity contribution in [2.24, 2.45) is 0 Å². The highest BCUT2D eigenvalue weighted by atomic mass is 19.1.